The summed E-state index contributed by atoms with van der Waals surface area (Å²) in [4.78, 5) is 4.93. The number of allylic oxidation sites excluding steroid dienone is 16. The van der Waals surface area contributed by atoms with E-state index in [-0.39, 0.29) is 16.2 Å². The van der Waals surface area contributed by atoms with Crippen molar-refractivity contribution < 1.29 is 0 Å². The highest BCUT2D eigenvalue weighted by atomic mass is 15.1. The molecule has 3 aliphatic rings. The van der Waals surface area contributed by atoms with Gasteiger partial charge in [0.25, 0.3) is 0 Å². The van der Waals surface area contributed by atoms with Gasteiger partial charge in [-0.3, -0.25) is 0 Å². The van der Waals surface area contributed by atoms with E-state index in [1.165, 1.54) is 133 Å². The average molecular weight is 1180 g/mol. The van der Waals surface area contributed by atoms with Crippen LogP contribution >= 0.6 is 0 Å². The second kappa shape index (κ2) is 24.6. The molecule has 0 fully saturated rings. The average Bonchev–Trinajstić information content (AvgIpc) is 1.61. The van der Waals surface area contributed by atoms with Crippen molar-refractivity contribution in [3.63, 3.8) is 0 Å². The molecule has 0 amide bonds. The van der Waals surface area contributed by atoms with Gasteiger partial charge in [0.2, 0.25) is 0 Å². The van der Waals surface area contributed by atoms with Crippen LogP contribution in [0.5, 0.6) is 0 Å². The molecule has 2 heteroatoms. The van der Waals surface area contributed by atoms with Crippen molar-refractivity contribution in [1.29, 1.82) is 0 Å². The zero-order valence-corrected chi connectivity index (χ0v) is 55.5. The van der Waals surface area contributed by atoms with Crippen LogP contribution in [0.25, 0.3) is 56.0 Å². The van der Waals surface area contributed by atoms with Gasteiger partial charge in [-0.2, -0.15) is 0 Å². The molecular formula is C89H86N2. The molecule has 0 atom stereocenters. The normalized spacial score (nSPS) is 16.9. The van der Waals surface area contributed by atoms with Gasteiger partial charge >= 0.3 is 0 Å². The van der Waals surface area contributed by atoms with Crippen LogP contribution in [0.4, 0.5) is 28.4 Å². The van der Waals surface area contributed by atoms with E-state index >= 15 is 0 Å². The van der Waals surface area contributed by atoms with Crippen molar-refractivity contribution in [2.45, 2.75) is 106 Å². The van der Waals surface area contributed by atoms with E-state index in [0.717, 1.165) is 41.1 Å². The van der Waals surface area contributed by atoms with E-state index in [0.29, 0.717) is 0 Å². The van der Waals surface area contributed by atoms with Gasteiger partial charge in [0.15, 0.2) is 0 Å². The van der Waals surface area contributed by atoms with Crippen molar-refractivity contribution in [3.05, 3.63) is 339 Å². The Balaban J connectivity index is 0.766. The third-order valence-corrected chi connectivity index (χ3v) is 19.3. The van der Waals surface area contributed by atoms with Crippen LogP contribution in [0.2, 0.25) is 0 Å². The van der Waals surface area contributed by atoms with E-state index in [2.05, 4.69) is 343 Å². The van der Waals surface area contributed by atoms with Gasteiger partial charge in [-0.1, -0.05) is 267 Å². The minimum Gasteiger partial charge on any atom is -0.337 e. The summed E-state index contributed by atoms with van der Waals surface area (Å²) < 4.78 is 0. The summed E-state index contributed by atoms with van der Waals surface area (Å²) in [5, 5.41) is 4.94. The number of hydrogen-bond acceptors (Lipinski definition) is 2. The van der Waals surface area contributed by atoms with Gasteiger partial charge in [-0.05, 0) is 213 Å². The Hall–Kier alpha value is -9.76. The SMILES string of the molecule is C=C/C(C)=C\C(C)=C/CN(c1ccc2c(c1)C(C)(C)c1cc(/C=C/C(C=C)=C/C=C3\CC(C)(C)c4cc(/C=C/C(=C)/C=C5\C(=C/C)c6ccc(N(c7cc(C)cc(C)c7)c7cc(C)cc8ccccc78)cc6C5(C)C)ccc43)ccc1-2)c1cccc2ccccc12. The zero-order valence-electron chi connectivity index (χ0n) is 55.5. The smallest absolute Gasteiger partial charge is 0.0542 e. The largest absolute Gasteiger partial charge is 0.337 e. The van der Waals surface area contributed by atoms with Crippen molar-refractivity contribution in [1.82, 2.24) is 0 Å². The molecule has 0 N–H and O–H groups in total. The highest BCUT2D eigenvalue weighted by Gasteiger charge is 2.40. The number of benzene rings is 9. The molecule has 9 aromatic carbocycles. The third kappa shape index (κ3) is 11.9. The van der Waals surface area contributed by atoms with Gasteiger partial charge in [-0.25, -0.2) is 0 Å². The van der Waals surface area contributed by atoms with Gasteiger partial charge in [0.1, 0.15) is 0 Å². The van der Waals surface area contributed by atoms with E-state index in [4.69, 9.17) is 0 Å². The molecule has 0 aliphatic heterocycles. The van der Waals surface area contributed by atoms with Crippen molar-refractivity contribution in [3.8, 4) is 11.1 Å². The Morgan fingerprint density at radius 3 is 1.84 bits per heavy atom. The molecule has 0 saturated carbocycles. The molecule has 0 heterocycles. The lowest BCUT2D eigenvalue weighted by Gasteiger charge is -2.30. The Kier molecular flexibility index (Phi) is 16.6. The minimum atomic E-state index is -0.273. The first-order chi connectivity index (χ1) is 43.6. The summed E-state index contributed by atoms with van der Waals surface area (Å²) in [7, 11) is 0. The standard InChI is InChI=1S/C89H86N2/c1-16-58(4)46-60(6)44-45-90(85-29-23-26-67-24-19-21-27-75(67)85)70-38-42-79-78-41-36-66(54-82(78)89(14,15)83(79)55-70)33-32-64(17-2)34-37-69-57-87(10,11)80-53-65(35-40-74(69)80)31-30-59(5)51-81-73(18-3)77-43-39-71(56-84(77)88(81,12)13)91(72-49-61(7)47-62(8)50-72)86-52-63(9)48-68-25-20-22-28-76(68)86/h16-44,46-56H,1-2,5,45,57H2,3-4,6-15H3/b31-30+,33-32+,58-46-,60-44-,64-34+,69-37+,73-18-,81-51+. The number of aryl methyl sites for hydroxylation is 3. The van der Waals surface area contributed by atoms with Crippen LogP contribution in [0.15, 0.2) is 278 Å². The number of nitrogens with zero attached hydrogens (tertiary/aromatic N) is 2. The fraction of sp³-hybridized carbons (Fsp3) is 0.191. The van der Waals surface area contributed by atoms with Crippen molar-refractivity contribution in [2.75, 3.05) is 16.3 Å². The molecule has 0 bridgehead atoms. The van der Waals surface area contributed by atoms with Gasteiger partial charge in [-0.15, -0.1) is 0 Å². The van der Waals surface area contributed by atoms with Crippen molar-refractivity contribution in [2.24, 2.45) is 0 Å². The molecule has 12 rings (SSSR count). The first kappa shape index (κ1) is 61.5. The van der Waals surface area contributed by atoms with Crippen LogP contribution in [0, 0.1) is 20.8 Å². The maximum Gasteiger partial charge on any atom is 0.0542 e. The Morgan fingerprint density at radius 2 is 1.12 bits per heavy atom. The number of rotatable bonds is 16. The molecule has 452 valence electrons. The lowest BCUT2D eigenvalue weighted by molar-refractivity contribution is 0.563. The minimum absolute atomic E-state index is 0.0243. The highest BCUT2D eigenvalue weighted by Crippen LogP contribution is 2.54. The summed E-state index contributed by atoms with van der Waals surface area (Å²) in [6, 6.07) is 63.7. The fourth-order valence-electron chi connectivity index (χ4n) is 14.6. The molecule has 0 saturated heterocycles. The zero-order chi connectivity index (χ0) is 64.1. The molecule has 0 spiro atoms. The lowest BCUT2D eigenvalue weighted by Crippen LogP contribution is -2.20. The van der Waals surface area contributed by atoms with E-state index in [1.54, 1.807) is 0 Å². The third-order valence-electron chi connectivity index (χ3n) is 19.3. The van der Waals surface area contributed by atoms with Crippen LogP contribution in [0.3, 0.4) is 0 Å². The topological polar surface area (TPSA) is 6.48 Å². The van der Waals surface area contributed by atoms with Crippen LogP contribution in [-0.4, -0.2) is 6.54 Å². The molecule has 2 nitrogen and oxygen atoms in total. The maximum absolute atomic E-state index is 4.64. The second-order valence-corrected chi connectivity index (χ2v) is 27.3. The Labute approximate surface area is 542 Å². The first-order valence-electron chi connectivity index (χ1n) is 32.3. The molecule has 0 unspecified atom stereocenters. The van der Waals surface area contributed by atoms with E-state index in [1.807, 2.05) is 12.2 Å². The number of hydrogen-bond donors (Lipinski definition) is 0. The highest BCUT2D eigenvalue weighted by molar-refractivity contribution is 6.01. The Morgan fingerprint density at radius 1 is 0.527 bits per heavy atom. The summed E-state index contributed by atoms with van der Waals surface area (Å²) in [5.41, 5.74) is 30.3. The summed E-state index contributed by atoms with van der Waals surface area (Å²) in [6.45, 7) is 40.9. The molecule has 0 aromatic heterocycles. The summed E-state index contributed by atoms with van der Waals surface area (Å²) in [6.07, 6.45) is 27.3. The second-order valence-electron chi connectivity index (χ2n) is 27.3. The molecule has 9 aromatic rings. The van der Waals surface area contributed by atoms with Crippen LogP contribution in [0.1, 0.15) is 130 Å². The first-order valence-corrected chi connectivity index (χ1v) is 32.3. The molecule has 0 radical (unpaired) electrons. The van der Waals surface area contributed by atoms with Gasteiger partial charge < -0.3 is 9.80 Å². The monoisotopic (exact) mass is 1180 g/mol. The maximum atomic E-state index is 4.64. The summed E-state index contributed by atoms with van der Waals surface area (Å²) in [5.74, 6) is 0. The van der Waals surface area contributed by atoms with Crippen LogP contribution in [-0.2, 0) is 16.2 Å². The predicted octanol–water partition coefficient (Wildman–Crippen LogP) is 24.7. The fourth-order valence-corrected chi connectivity index (χ4v) is 14.6. The van der Waals surface area contributed by atoms with E-state index in [9.17, 15) is 0 Å². The molecule has 3 aliphatic carbocycles. The molecular weight excluding hydrogens is 1100 g/mol. The van der Waals surface area contributed by atoms with E-state index < -0.39 is 0 Å². The van der Waals surface area contributed by atoms with Gasteiger partial charge in [0, 0.05) is 50.9 Å². The Bertz CT molecular complexity index is 4700. The van der Waals surface area contributed by atoms with Gasteiger partial charge in [0.05, 0.1) is 5.69 Å². The van der Waals surface area contributed by atoms with Crippen molar-refractivity contribution >= 4 is 73.3 Å². The lowest BCUT2D eigenvalue weighted by atomic mass is 9.81. The summed E-state index contributed by atoms with van der Waals surface area (Å²) >= 11 is 0. The molecule has 91 heavy (non-hydrogen) atoms. The quantitative estimate of drug-likeness (QED) is 0.0890. The van der Waals surface area contributed by atoms with Crippen LogP contribution < -0.4 is 9.80 Å². The number of fused-ring (bicyclic) bond motifs is 7. The predicted molar refractivity (Wildman–Crippen MR) is 398 cm³/mol. The number of anilines is 5.